The summed E-state index contributed by atoms with van der Waals surface area (Å²) in [6.45, 7) is 0.629. The van der Waals surface area contributed by atoms with Gasteiger partial charge in [0.25, 0.3) is 0 Å². The molecule has 2 aromatic heterocycles. The first-order valence-electron chi connectivity index (χ1n) is 9.01. The summed E-state index contributed by atoms with van der Waals surface area (Å²) in [5, 5.41) is 15.8. The Morgan fingerprint density at radius 2 is 1.93 bits per heavy atom. The molecule has 0 amide bonds. The van der Waals surface area contributed by atoms with Gasteiger partial charge >= 0.3 is 0 Å². The number of ether oxygens (including phenoxy) is 1. The molecule has 4 rings (SSSR count). The first-order chi connectivity index (χ1) is 13.7. The van der Waals surface area contributed by atoms with Gasteiger partial charge < -0.3 is 15.8 Å². The highest BCUT2D eigenvalue weighted by molar-refractivity contribution is 7.18. The quantitative estimate of drug-likeness (QED) is 0.499. The molecule has 0 aliphatic rings. The first kappa shape index (κ1) is 18.3. The molecule has 0 aliphatic carbocycles. The van der Waals surface area contributed by atoms with Crippen molar-refractivity contribution < 1.29 is 4.74 Å². The van der Waals surface area contributed by atoms with E-state index in [2.05, 4.69) is 32.6 Å². The van der Waals surface area contributed by atoms with Gasteiger partial charge in [-0.05, 0) is 41.6 Å². The minimum Gasteiger partial charge on any atom is -0.497 e. The highest BCUT2D eigenvalue weighted by Crippen LogP contribution is 2.28. The molecule has 28 heavy (non-hydrogen) atoms. The number of rotatable bonds is 7. The van der Waals surface area contributed by atoms with E-state index in [1.807, 2.05) is 42.6 Å². The minimum absolute atomic E-state index is 0.0195. The van der Waals surface area contributed by atoms with Gasteiger partial charge in [-0.25, -0.2) is 0 Å². The molecule has 0 bridgehead atoms. The molecule has 0 saturated carbocycles. The molecule has 2 aromatic carbocycles. The van der Waals surface area contributed by atoms with E-state index < -0.39 is 0 Å². The second-order valence-electron chi connectivity index (χ2n) is 6.54. The fourth-order valence-electron chi connectivity index (χ4n) is 2.98. The van der Waals surface area contributed by atoms with E-state index in [-0.39, 0.29) is 6.04 Å². The van der Waals surface area contributed by atoms with Crippen molar-refractivity contribution in [3.05, 3.63) is 66.5 Å². The molecule has 6 nitrogen and oxygen atoms in total. The fraction of sp³-hybridized carbons (Fsp3) is 0.190. The maximum Gasteiger partial charge on any atom is 0.206 e. The Morgan fingerprint density at radius 1 is 1.07 bits per heavy atom. The summed E-state index contributed by atoms with van der Waals surface area (Å²) in [6.07, 6.45) is 4.43. The Hall–Kier alpha value is -3.03. The summed E-state index contributed by atoms with van der Waals surface area (Å²) >= 11 is 1.53. The SMILES string of the molecule is COc1ccc(C[C@@H](N)CNc2nnc(-c3ccc4cnccc4c3)s2)cc1. The zero-order chi connectivity index (χ0) is 19.3. The number of nitrogens with two attached hydrogens (primary N) is 1. The van der Waals surface area contributed by atoms with Crippen molar-refractivity contribution in [3.8, 4) is 16.3 Å². The standard InChI is InChI=1S/C21H21N5OS/c1-27-19-6-2-14(3-7-19)10-18(22)13-24-21-26-25-20(28-21)16-4-5-17-12-23-9-8-15(17)11-16/h2-9,11-12,18H,10,13,22H2,1H3,(H,24,26)/t18-/m1/s1. The molecule has 4 aromatic rings. The number of aromatic nitrogens is 3. The van der Waals surface area contributed by atoms with Crippen molar-refractivity contribution >= 4 is 27.2 Å². The van der Waals surface area contributed by atoms with Crippen LogP contribution >= 0.6 is 11.3 Å². The van der Waals surface area contributed by atoms with Gasteiger partial charge in [-0.1, -0.05) is 35.6 Å². The van der Waals surface area contributed by atoms with E-state index >= 15 is 0 Å². The number of fused-ring (bicyclic) bond motifs is 1. The maximum absolute atomic E-state index is 6.26. The van der Waals surface area contributed by atoms with Gasteiger partial charge in [0.15, 0.2) is 0 Å². The Balaban J connectivity index is 1.37. The average molecular weight is 392 g/mol. The lowest BCUT2D eigenvalue weighted by Crippen LogP contribution is -2.31. The smallest absolute Gasteiger partial charge is 0.206 e. The number of pyridine rings is 1. The molecular formula is C21H21N5OS. The van der Waals surface area contributed by atoms with Gasteiger partial charge in [0.2, 0.25) is 5.13 Å². The number of hydrogen-bond donors (Lipinski definition) is 2. The second kappa shape index (κ2) is 8.33. The van der Waals surface area contributed by atoms with Crippen molar-refractivity contribution in [2.75, 3.05) is 19.0 Å². The predicted octanol–water partition coefficient (Wildman–Crippen LogP) is 3.74. The van der Waals surface area contributed by atoms with Crippen molar-refractivity contribution in [1.82, 2.24) is 15.2 Å². The molecular weight excluding hydrogens is 370 g/mol. The van der Waals surface area contributed by atoms with Gasteiger partial charge in [-0.3, -0.25) is 4.98 Å². The van der Waals surface area contributed by atoms with E-state index in [0.717, 1.165) is 38.6 Å². The van der Waals surface area contributed by atoms with Crippen LogP contribution in [0.25, 0.3) is 21.3 Å². The van der Waals surface area contributed by atoms with Crippen molar-refractivity contribution in [2.24, 2.45) is 5.73 Å². The van der Waals surface area contributed by atoms with Crippen LogP contribution in [0.1, 0.15) is 5.56 Å². The third kappa shape index (κ3) is 4.27. The van der Waals surface area contributed by atoms with Gasteiger partial charge in [0.05, 0.1) is 7.11 Å². The number of nitrogens with one attached hydrogen (secondary N) is 1. The molecule has 0 unspecified atom stereocenters. The van der Waals surface area contributed by atoms with Crippen molar-refractivity contribution in [3.63, 3.8) is 0 Å². The van der Waals surface area contributed by atoms with Crippen molar-refractivity contribution in [2.45, 2.75) is 12.5 Å². The molecule has 0 fully saturated rings. The molecule has 0 saturated heterocycles. The summed E-state index contributed by atoms with van der Waals surface area (Å²) < 4.78 is 5.18. The largest absolute Gasteiger partial charge is 0.497 e. The molecule has 0 spiro atoms. The van der Waals surface area contributed by atoms with Crippen LogP contribution in [0.3, 0.4) is 0 Å². The topological polar surface area (TPSA) is 86.0 Å². The van der Waals surface area contributed by atoms with E-state index in [4.69, 9.17) is 10.5 Å². The lowest BCUT2D eigenvalue weighted by molar-refractivity contribution is 0.414. The van der Waals surface area contributed by atoms with Crippen LogP contribution in [0, 0.1) is 0 Å². The summed E-state index contributed by atoms with van der Waals surface area (Å²) in [4.78, 5) is 4.15. The van der Waals surface area contributed by atoms with E-state index in [9.17, 15) is 0 Å². The van der Waals surface area contributed by atoms with E-state index in [0.29, 0.717) is 6.54 Å². The summed E-state index contributed by atoms with van der Waals surface area (Å²) in [6, 6.07) is 16.2. The molecule has 142 valence electrons. The van der Waals surface area contributed by atoms with E-state index in [1.54, 1.807) is 13.3 Å². The molecule has 0 aliphatic heterocycles. The lowest BCUT2D eigenvalue weighted by atomic mass is 10.1. The van der Waals surface area contributed by atoms with Crippen LogP contribution in [0.15, 0.2) is 60.9 Å². The highest BCUT2D eigenvalue weighted by atomic mass is 32.1. The monoisotopic (exact) mass is 391 g/mol. The Morgan fingerprint density at radius 3 is 2.75 bits per heavy atom. The van der Waals surface area contributed by atoms with Crippen LogP contribution < -0.4 is 15.8 Å². The molecule has 1 atom stereocenters. The predicted molar refractivity (Wildman–Crippen MR) is 114 cm³/mol. The van der Waals surface area contributed by atoms with Gasteiger partial charge in [-0.2, -0.15) is 0 Å². The number of methoxy groups -OCH3 is 1. The molecule has 3 N–H and O–H groups in total. The molecule has 0 radical (unpaired) electrons. The summed E-state index contributed by atoms with van der Waals surface area (Å²) in [5.41, 5.74) is 8.49. The van der Waals surface area contributed by atoms with E-state index in [1.165, 1.54) is 16.9 Å². The van der Waals surface area contributed by atoms with Crippen molar-refractivity contribution in [1.29, 1.82) is 0 Å². The minimum atomic E-state index is -0.0195. The normalized spacial score (nSPS) is 12.1. The van der Waals surface area contributed by atoms with Crippen LogP contribution in [-0.4, -0.2) is 34.9 Å². The maximum atomic E-state index is 6.26. The van der Waals surface area contributed by atoms with Crippen LogP contribution in [0.5, 0.6) is 5.75 Å². The Labute approximate surface area is 167 Å². The van der Waals surface area contributed by atoms with Crippen LogP contribution in [0.2, 0.25) is 0 Å². The van der Waals surface area contributed by atoms with Gasteiger partial charge in [0, 0.05) is 35.9 Å². The lowest BCUT2D eigenvalue weighted by Gasteiger charge is -2.12. The first-order valence-corrected chi connectivity index (χ1v) is 9.83. The summed E-state index contributed by atoms with van der Waals surface area (Å²) in [5.74, 6) is 0.849. The van der Waals surface area contributed by atoms with Crippen LogP contribution in [-0.2, 0) is 6.42 Å². The number of anilines is 1. The highest BCUT2D eigenvalue weighted by Gasteiger charge is 2.10. The number of benzene rings is 2. The number of nitrogens with zero attached hydrogens (tertiary/aromatic N) is 3. The summed E-state index contributed by atoms with van der Waals surface area (Å²) in [7, 11) is 1.66. The fourth-order valence-corrected chi connectivity index (χ4v) is 3.73. The number of hydrogen-bond acceptors (Lipinski definition) is 7. The molecule has 7 heteroatoms. The zero-order valence-corrected chi connectivity index (χ0v) is 16.3. The van der Waals surface area contributed by atoms with Gasteiger partial charge in [0.1, 0.15) is 10.8 Å². The zero-order valence-electron chi connectivity index (χ0n) is 15.5. The Bertz CT molecular complexity index is 1060. The Kier molecular flexibility index (Phi) is 5.45. The third-order valence-corrected chi connectivity index (χ3v) is 5.41. The van der Waals surface area contributed by atoms with Gasteiger partial charge in [-0.15, -0.1) is 10.2 Å². The second-order valence-corrected chi connectivity index (χ2v) is 7.52. The third-order valence-electron chi connectivity index (χ3n) is 4.48. The van der Waals surface area contributed by atoms with Crippen LogP contribution in [0.4, 0.5) is 5.13 Å². The molecule has 2 heterocycles. The average Bonchev–Trinajstić information content (AvgIpc) is 3.21.